The van der Waals surface area contributed by atoms with E-state index in [2.05, 4.69) is 15.5 Å². The van der Waals surface area contributed by atoms with Crippen LogP contribution in [0.15, 0.2) is 22.6 Å². The van der Waals surface area contributed by atoms with Crippen LogP contribution in [0.1, 0.15) is 24.8 Å². The van der Waals surface area contributed by atoms with Crippen LogP contribution in [0, 0.1) is 11.6 Å². The zero-order valence-corrected chi connectivity index (χ0v) is 9.91. The Kier molecular flexibility index (Phi) is 3.86. The van der Waals surface area contributed by atoms with Gasteiger partial charge in [-0.05, 0) is 18.6 Å². The van der Waals surface area contributed by atoms with Crippen LogP contribution in [-0.4, -0.2) is 10.2 Å². The summed E-state index contributed by atoms with van der Waals surface area (Å²) in [6, 6.07) is 3.90. The van der Waals surface area contributed by atoms with E-state index in [9.17, 15) is 8.78 Å². The van der Waals surface area contributed by atoms with Crippen LogP contribution < -0.4 is 5.32 Å². The molecular weight excluding hydrogens is 240 g/mol. The molecule has 0 saturated carbocycles. The van der Waals surface area contributed by atoms with Gasteiger partial charge in [-0.2, -0.15) is 0 Å². The average Bonchev–Trinajstić information content (AvgIpc) is 2.77. The maximum atomic E-state index is 13.3. The summed E-state index contributed by atoms with van der Waals surface area (Å²) in [5.74, 6) is -0.694. The number of nitrogens with one attached hydrogen (secondary N) is 1. The number of aryl methyl sites for hydroxylation is 1. The van der Waals surface area contributed by atoms with Gasteiger partial charge in [-0.15, -0.1) is 5.10 Å². The van der Waals surface area contributed by atoms with E-state index in [-0.39, 0.29) is 18.1 Å². The third-order valence-electron chi connectivity index (χ3n) is 2.41. The molecule has 1 aromatic heterocycles. The second-order valence-electron chi connectivity index (χ2n) is 3.80. The van der Waals surface area contributed by atoms with E-state index in [0.717, 1.165) is 6.42 Å². The van der Waals surface area contributed by atoms with Gasteiger partial charge >= 0.3 is 6.01 Å². The molecule has 0 unspecified atom stereocenters. The fraction of sp³-hybridized carbons (Fsp3) is 0.333. The molecule has 0 radical (unpaired) electrons. The molecule has 96 valence electrons. The maximum Gasteiger partial charge on any atom is 0.315 e. The summed E-state index contributed by atoms with van der Waals surface area (Å²) >= 11 is 0. The zero-order chi connectivity index (χ0) is 13.0. The summed E-state index contributed by atoms with van der Waals surface area (Å²) in [5, 5.41) is 10.2. The molecule has 6 heteroatoms. The third-order valence-corrected chi connectivity index (χ3v) is 2.41. The van der Waals surface area contributed by atoms with E-state index in [0.29, 0.717) is 12.3 Å². The molecule has 1 aromatic carbocycles. The summed E-state index contributed by atoms with van der Waals surface area (Å²) in [5.41, 5.74) is -0.0484. The second kappa shape index (κ2) is 5.57. The first-order valence-electron chi connectivity index (χ1n) is 5.70. The molecule has 0 aliphatic heterocycles. The van der Waals surface area contributed by atoms with E-state index in [1.165, 1.54) is 18.2 Å². The molecule has 0 amide bonds. The molecule has 1 N–H and O–H groups in total. The predicted molar refractivity (Wildman–Crippen MR) is 62.0 cm³/mol. The lowest BCUT2D eigenvalue weighted by atomic mass is 10.2. The number of rotatable bonds is 5. The first-order chi connectivity index (χ1) is 8.70. The standard InChI is InChI=1S/C12H13F2N3O/c1-2-4-11-16-17-12(18-11)15-7-8-9(13)5-3-6-10(8)14/h3,5-6H,2,4,7H2,1H3,(H,15,17). The predicted octanol–water partition coefficient (Wildman–Crippen LogP) is 2.91. The Labute approximate surface area is 103 Å². The number of halogens is 2. The molecule has 0 fully saturated rings. The Bertz CT molecular complexity index is 508. The highest BCUT2D eigenvalue weighted by molar-refractivity contribution is 5.26. The van der Waals surface area contributed by atoms with Gasteiger partial charge < -0.3 is 9.73 Å². The van der Waals surface area contributed by atoms with Gasteiger partial charge in [-0.1, -0.05) is 18.1 Å². The molecule has 0 saturated heterocycles. The third kappa shape index (κ3) is 2.82. The first-order valence-corrected chi connectivity index (χ1v) is 5.70. The van der Waals surface area contributed by atoms with Gasteiger partial charge in [0.2, 0.25) is 5.89 Å². The largest absolute Gasteiger partial charge is 0.408 e. The van der Waals surface area contributed by atoms with Gasteiger partial charge in [-0.25, -0.2) is 8.78 Å². The molecule has 18 heavy (non-hydrogen) atoms. The van der Waals surface area contributed by atoms with Crippen molar-refractivity contribution in [3.8, 4) is 0 Å². The van der Waals surface area contributed by atoms with Crippen LogP contribution in [0.5, 0.6) is 0 Å². The SMILES string of the molecule is CCCc1nnc(NCc2c(F)cccc2F)o1. The van der Waals surface area contributed by atoms with Crippen molar-refractivity contribution < 1.29 is 13.2 Å². The van der Waals surface area contributed by atoms with E-state index < -0.39 is 11.6 Å². The van der Waals surface area contributed by atoms with Crippen molar-refractivity contribution >= 4 is 6.01 Å². The lowest BCUT2D eigenvalue weighted by molar-refractivity contribution is 0.498. The van der Waals surface area contributed by atoms with E-state index in [1.54, 1.807) is 0 Å². The van der Waals surface area contributed by atoms with Gasteiger partial charge in [-0.3, -0.25) is 0 Å². The second-order valence-corrected chi connectivity index (χ2v) is 3.80. The van der Waals surface area contributed by atoms with Gasteiger partial charge in [0.15, 0.2) is 0 Å². The van der Waals surface area contributed by atoms with E-state index in [1.807, 2.05) is 6.92 Å². The Balaban J connectivity index is 2.02. The molecule has 2 aromatic rings. The van der Waals surface area contributed by atoms with Crippen molar-refractivity contribution in [3.63, 3.8) is 0 Å². The summed E-state index contributed by atoms with van der Waals surface area (Å²) in [6.07, 6.45) is 1.58. The van der Waals surface area contributed by atoms with Crippen molar-refractivity contribution in [2.45, 2.75) is 26.3 Å². The molecular formula is C12H13F2N3O. The van der Waals surface area contributed by atoms with Crippen LogP contribution in [0.3, 0.4) is 0 Å². The van der Waals surface area contributed by atoms with Gasteiger partial charge in [0, 0.05) is 12.0 Å². The van der Waals surface area contributed by atoms with E-state index in [4.69, 9.17) is 4.42 Å². The number of anilines is 1. The normalized spacial score (nSPS) is 10.6. The lowest BCUT2D eigenvalue weighted by Gasteiger charge is -2.04. The van der Waals surface area contributed by atoms with Gasteiger partial charge in [0.25, 0.3) is 0 Å². The molecule has 4 nitrogen and oxygen atoms in total. The molecule has 0 aliphatic rings. The lowest BCUT2D eigenvalue weighted by Crippen LogP contribution is -2.04. The van der Waals surface area contributed by atoms with Crippen molar-refractivity contribution in [3.05, 3.63) is 41.3 Å². The summed E-state index contributed by atoms with van der Waals surface area (Å²) in [6.45, 7) is 1.96. The van der Waals surface area contributed by atoms with Crippen LogP contribution in [0.2, 0.25) is 0 Å². The average molecular weight is 253 g/mol. The fourth-order valence-corrected chi connectivity index (χ4v) is 1.51. The van der Waals surface area contributed by atoms with Crippen molar-refractivity contribution in [1.29, 1.82) is 0 Å². The molecule has 0 atom stereocenters. The molecule has 1 heterocycles. The Morgan fingerprint density at radius 1 is 1.22 bits per heavy atom. The highest BCUT2D eigenvalue weighted by Gasteiger charge is 2.10. The van der Waals surface area contributed by atoms with Crippen LogP contribution in [-0.2, 0) is 13.0 Å². The Hall–Kier alpha value is -1.98. The first kappa shape index (κ1) is 12.5. The van der Waals surface area contributed by atoms with Crippen molar-refractivity contribution in [1.82, 2.24) is 10.2 Å². The summed E-state index contributed by atoms with van der Waals surface area (Å²) < 4.78 is 31.9. The Morgan fingerprint density at radius 2 is 1.94 bits per heavy atom. The van der Waals surface area contributed by atoms with Gasteiger partial charge in [0.05, 0.1) is 6.54 Å². The van der Waals surface area contributed by atoms with Gasteiger partial charge in [0.1, 0.15) is 11.6 Å². The smallest absolute Gasteiger partial charge is 0.315 e. The minimum atomic E-state index is -0.601. The minimum Gasteiger partial charge on any atom is -0.408 e. The number of hydrogen-bond donors (Lipinski definition) is 1. The van der Waals surface area contributed by atoms with Crippen LogP contribution >= 0.6 is 0 Å². The number of nitrogens with zero attached hydrogens (tertiary/aromatic N) is 2. The minimum absolute atomic E-state index is 0.0355. The molecule has 0 spiro atoms. The van der Waals surface area contributed by atoms with Crippen LogP contribution in [0.4, 0.5) is 14.8 Å². The topological polar surface area (TPSA) is 51.0 Å². The van der Waals surface area contributed by atoms with E-state index >= 15 is 0 Å². The number of benzene rings is 1. The van der Waals surface area contributed by atoms with Crippen molar-refractivity contribution in [2.24, 2.45) is 0 Å². The van der Waals surface area contributed by atoms with Crippen molar-refractivity contribution in [2.75, 3.05) is 5.32 Å². The van der Waals surface area contributed by atoms with Crippen LogP contribution in [0.25, 0.3) is 0 Å². The molecule has 2 rings (SSSR count). The highest BCUT2D eigenvalue weighted by Crippen LogP contribution is 2.14. The monoisotopic (exact) mass is 253 g/mol. The maximum absolute atomic E-state index is 13.3. The molecule has 0 aliphatic carbocycles. The fourth-order valence-electron chi connectivity index (χ4n) is 1.51. The summed E-state index contributed by atoms with van der Waals surface area (Å²) in [4.78, 5) is 0. The quantitative estimate of drug-likeness (QED) is 0.890. The number of aromatic nitrogens is 2. The Morgan fingerprint density at radius 3 is 2.61 bits per heavy atom. The summed E-state index contributed by atoms with van der Waals surface area (Å²) in [7, 11) is 0. The number of hydrogen-bond acceptors (Lipinski definition) is 4. The highest BCUT2D eigenvalue weighted by atomic mass is 19.1. The zero-order valence-electron chi connectivity index (χ0n) is 9.91. The molecule has 0 bridgehead atoms.